The molecule has 0 saturated heterocycles. The summed E-state index contributed by atoms with van der Waals surface area (Å²) in [4.78, 5) is 4.36. The molecule has 0 saturated carbocycles. The van der Waals surface area contributed by atoms with Crippen LogP contribution in [-0.2, 0) is 6.18 Å². The molecule has 20 heavy (non-hydrogen) atoms. The van der Waals surface area contributed by atoms with E-state index in [4.69, 9.17) is 4.74 Å². The van der Waals surface area contributed by atoms with Crippen molar-refractivity contribution in [3.8, 4) is 17.0 Å². The summed E-state index contributed by atoms with van der Waals surface area (Å²) in [5.74, 6) is 0.701. The largest absolute Gasteiger partial charge is 0.497 e. The molecule has 0 aliphatic heterocycles. The Kier molecular flexibility index (Phi) is 2.89. The highest BCUT2D eigenvalue weighted by Gasteiger charge is 2.35. The second-order valence-electron chi connectivity index (χ2n) is 3.99. The van der Waals surface area contributed by atoms with Crippen LogP contribution in [0, 0.1) is 0 Å². The van der Waals surface area contributed by atoms with Gasteiger partial charge in [0.25, 0.3) is 0 Å². The molecule has 3 rings (SSSR count). The molecule has 3 aromatic rings. The number of hydrogen-bond donors (Lipinski definition) is 0. The second-order valence-corrected chi connectivity index (χ2v) is 4.94. The smallest absolute Gasteiger partial charge is 0.445 e. The summed E-state index contributed by atoms with van der Waals surface area (Å²) < 4.78 is 43.7. The topological polar surface area (TPSA) is 39.4 Å². The lowest BCUT2D eigenvalue weighted by Crippen LogP contribution is -2.04. The molecular formula is C12H8F3N3OS. The van der Waals surface area contributed by atoms with Crippen LogP contribution in [0.5, 0.6) is 5.75 Å². The summed E-state index contributed by atoms with van der Waals surface area (Å²) in [5.41, 5.74) is 1.36. The predicted molar refractivity (Wildman–Crippen MR) is 67.9 cm³/mol. The van der Waals surface area contributed by atoms with Crippen LogP contribution in [0.4, 0.5) is 13.2 Å². The lowest BCUT2D eigenvalue weighted by atomic mass is 10.2. The van der Waals surface area contributed by atoms with E-state index in [9.17, 15) is 13.2 Å². The first-order valence-corrected chi connectivity index (χ1v) is 6.37. The first-order valence-electron chi connectivity index (χ1n) is 5.55. The van der Waals surface area contributed by atoms with Gasteiger partial charge in [0.15, 0.2) is 0 Å². The summed E-state index contributed by atoms with van der Waals surface area (Å²) in [6, 6.07) is 7.10. The van der Waals surface area contributed by atoms with E-state index < -0.39 is 11.2 Å². The normalized spacial score (nSPS) is 12.0. The molecule has 0 atom stereocenters. The van der Waals surface area contributed by atoms with Gasteiger partial charge in [0.05, 0.1) is 19.0 Å². The summed E-state index contributed by atoms with van der Waals surface area (Å²) in [7, 11) is 1.56. The van der Waals surface area contributed by atoms with Gasteiger partial charge in [0, 0.05) is 5.56 Å². The van der Waals surface area contributed by atoms with Crippen molar-refractivity contribution in [2.75, 3.05) is 7.11 Å². The fourth-order valence-corrected chi connectivity index (χ4v) is 2.46. The standard InChI is InChI=1S/C12H8F3N3OS/c1-19-8-4-2-7(3-5-8)9-6-18-11(16-9)20-10(17-18)12(13,14)15/h2-6H,1H3. The zero-order chi connectivity index (χ0) is 14.3. The third-order valence-electron chi connectivity index (χ3n) is 2.67. The molecule has 0 radical (unpaired) electrons. The van der Waals surface area contributed by atoms with Crippen molar-refractivity contribution in [1.82, 2.24) is 14.6 Å². The number of benzene rings is 1. The number of halogens is 3. The van der Waals surface area contributed by atoms with Gasteiger partial charge in [-0.25, -0.2) is 9.50 Å². The number of imidazole rings is 1. The maximum absolute atomic E-state index is 12.5. The van der Waals surface area contributed by atoms with Crippen LogP contribution in [0.15, 0.2) is 30.5 Å². The van der Waals surface area contributed by atoms with Crippen LogP contribution in [0.3, 0.4) is 0 Å². The number of alkyl halides is 3. The Morgan fingerprint density at radius 3 is 2.45 bits per heavy atom. The predicted octanol–water partition coefficient (Wildman–Crippen LogP) is 3.49. The van der Waals surface area contributed by atoms with Crippen LogP contribution in [0.25, 0.3) is 16.2 Å². The third-order valence-corrected chi connectivity index (χ3v) is 3.64. The summed E-state index contributed by atoms with van der Waals surface area (Å²) in [5, 5.41) is 2.59. The molecule has 0 unspecified atom stereocenters. The SMILES string of the molecule is COc1ccc(-c2cn3nc(C(F)(F)F)sc3n2)cc1. The number of fused-ring (bicyclic) bond motifs is 1. The summed E-state index contributed by atoms with van der Waals surface area (Å²) in [6.45, 7) is 0. The van der Waals surface area contributed by atoms with Gasteiger partial charge in [-0.2, -0.15) is 13.2 Å². The molecule has 4 nitrogen and oxygen atoms in total. The van der Waals surface area contributed by atoms with Crippen LogP contribution >= 0.6 is 11.3 Å². The molecule has 0 fully saturated rings. The monoisotopic (exact) mass is 299 g/mol. The van der Waals surface area contributed by atoms with Gasteiger partial charge < -0.3 is 4.74 Å². The lowest BCUT2D eigenvalue weighted by Gasteiger charge is -2.00. The molecule has 0 bridgehead atoms. The third kappa shape index (κ3) is 2.22. The first-order chi connectivity index (χ1) is 9.47. The van der Waals surface area contributed by atoms with E-state index in [0.717, 1.165) is 10.1 Å². The Morgan fingerprint density at radius 2 is 1.90 bits per heavy atom. The van der Waals surface area contributed by atoms with E-state index >= 15 is 0 Å². The van der Waals surface area contributed by atoms with Gasteiger partial charge >= 0.3 is 6.18 Å². The number of aromatic nitrogens is 3. The minimum atomic E-state index is -4.44. The van der Waals surface area contributed by atoms with Crippen molar-refractivity contribution in [2.45, 2.75) is 6.18 Å². The highest BCUT2D eigenvalue weighted by atomic mass is 32.1. The van der Waals surface area contributed by atoms with Gasteiger partial charge in [-0.15, -0.1) is 5.10 Å². The van der Waals surface area contributed by atoms with Crippen LogP contribution in [0.1, 0.15) is 5.01 Å². The highest BCUT2D eigenvalue weighted by molar-refractivity contribution is 7.16. The Morgan fingerprint density at radius 1 is 1.20 bits per heavy atom. The molecule has 1 aromatic carbocycles. The first kappa shape index (κ1) is 12.9. The number of methoxy groups -OCH3 is 1. The van der Waals surface area contributed by atoms with Gasteiger partial charge in [-0.3, -0.25) is 0 Å². The van der Waals surface area contributed by atoms with Crippen molar-refractivity contribution in [3.05, 3.63) is 35.5 Å². The zero-order valence-electron chi connectivity index (χ0n) is 10.2. The van der Waals surface area contributed by atoms with Crippen molar-refractivity contribution >= 4 is 16.3 Å². The van der Waals surface area contributed by atoms with E-state index in [1.807, 2.05) is 0 Å². The van der Waals surface area contributed by atoms with Gasteiger partial charge in [0.2, 0.25) is 9.97 Å². The Labute approximate surface area is 115 Å². The lowest BCUT2D eigenvalue weighted by molar-refractivity contribution is -0.138. The fourth-order valence-electron chi connectivity index (χ4n) is 1.72. The van der Waals surface area contributed by atoms with Crippen LogP contribution < -0.4 is 4.74 Å². The summed E-state index contributed by atoms with van der Waals surface area (Å²) >= 11 is 0.518. The maximum Gasteiger partial charge on any atom is 0.445 e. The maximum atomic E-state index is 12.5. The van der Waals surface area contributed by atoms with Crippen molar-refractivity contribution in [2.24, 2.45) is 0 Å². The number of ether oxygens (including phenoxy) is 1. The molecular weight excluding hydrogens is 291 g/mol. The molecule has 8 heteroatoms. The number of nitrogens with zero attached hydrogens (tertiary/aromatic N) is 3. The highest BCUT2D eigenvalue weighted by Crippen LogP contribution is 2.33. The van der Waals surface area contributed by atoms with E-state index in [0.29, 0.717) is 22.8 Å². The van der Waals surface area contributed by atoms with Crippen molar-refractivity contribution in [3.63, 3.8) is 0 Å². The molecule has 0 aliphatic carbocycles. The van der Waals surface area contributed by atoms with E-state index in [1.54, 1.807) is 31.4 Å². The molecule has 2 aromatic heterocycles. The number of rotatable bonds is 2. The minimum absolute atomic E-state index is 0.211. The van der Waals surface area contributed by atoms with Crippen LogP contribution in [-0.4, -0.2) is 21.7 Å². The average Bonchev–Trinajstić information content (AvgIpc) is 2.96. The van der Waals surface area contributed by atoms with Gasteiger partial charge in [-0.05, 0) is 24.3 Å². The quantitative estimate of drug-likeness (QED) is 0.727. The van der Waals surface area contributed by atoms with Crippen LogP contribution in [0.2, 0.25) is 0 Å². The zero-order valence-corrected chi connectivity index (χ0v) is 11.0. The number of hydrogen-bond acceptors (Lipinski definition) is 4. The Hall–Kier alpha value is -2.09. The minimum Gasteiger partial charge on any atom is -0.497 e. The fraction of sp³-hybridized carbons (Fsp3) is 0.167. The molecule has 0 N–H and O–H groups in total. The van der Waals surface area contributed by atoms with E-state index in [-0.39, 0.29) is 4.96 Å². The molecule has 0 aliphatic rings. The van der Waals surface area contributed by atoms with E-state index in [1.165, 1.54) is 6.20 Å². The van der Waals surface area contributed by atoms with Gasteiger partial charge in [-0.1, -0.05) is 11.3 Å². The molecule has 104 valence electrons. The van der Waals surface area contributed by atoms with Gasteiger partial charge in [0.1, 0.15) is 5.75 Å². The second kappa shape index (κ2) is 4.48. The molecule has 2 heterocycles. The van der Waals surface area contributed by atoms with Crippen molar-refractivity contribution in [1.29, 1.82) is 0 Å². The Balaban J connectivity index is 1.98. The Bertz CT molecular complexity index is 714. The van der Waals surface area contributed by atoms with Crippen molar-refractivity contribution < 1.29 is 17.9 Å². The van der Waals surface area contributed by atoms with E-state index in [2.05, 4.69) is 10.1 Å². The molecule has 0 amide bonds. The summed E-state index contributed by atoms with van der Waals surface area (Å²) in [6.07, 6.45) is -2.96. The average molecular weight is 299 g/mol. The molecule has 0 spiro atoms.